The zero-order chi connectivity index (χ0) is 21.3. The lowest BCUT2D eigenvalue weighted by Gasteiger charge is -2.20. The van der Waals surface area contributed by atoms with Crippen LogP contribution in [-0.4, -0.2) is 46.4 Å². The zero-order valence-electron chi connectivity index (χ0n) is 15.8. The molecule has 0 radical (unpaired) electrons. The highest BCUT2D eigenvalue weighted by atomic mass is 35.5. The van der Waals surface area contributed by atoms with Crippen LogP contribution in [0.3, 0.4) is 0 Å². The van der Waals surface area contributed by atoms with Gasteiger partial charge in [0.25, 0.3) is 0 Å². The molecule has 0 atom stereocenters. The highest BCUT2D eigenvalue weighted by Crippen LogP contribution is 2.28. The molecule has 0 saturated heterocycles. The molecule has 0 fully saturated rings. The van der Waals surface area contributed by atoms with E-state index in [2.05, 4.69) is 5.10 Å². The topological polar surface area (TPSA) is 92.5 Å². The molecular formula is C19H19ClFN3O4S. The van der Waals surface area contributed by atoms with Crippen molar-refractivity contribution in [3.05, 3.63) is 58.5 Å². The van der Waals surface area contributed by atoms with E-state index in [4.69, 9.17) is 11.6 Å². The highest BCUT2D eigenvalue weighted by molar-refractivity contribution is 7.88. The minimum Gasteiger partial charge on any atom is -0.481 e. The van der Waals surface area contributed by atoms with Gasteiger partial charge in [0.05, 0.1) is 29.6 Å². The standard InChI is InChI=1S/C19H19ClFN3O4S/c1-3-23(29(2,27)28)11-12-8-14(21)5-7-17(12)24-18-9-13(20)4-6-15(18)16(22-24)10-19(25)26/h4-9H,3,10-11H2,1-2H3,(H,25,26). The van der Waals surface area contributed by atoms with Crippen molar-refractivity contribution < 1.29 is 22.7 Å². The van der Waals surface area contributed by atoms with Crippen LogP contribution in [0.2, 0.25) is 5.02 Å². The first-order chi connectivity index (χ1) is 13.6. The summed E-state index contributed by atoms with van der Waals surface area (Å²) in [5.41, 5.74) is 1.71. The van der Waals surface area contributed by atoms with Crippen molar-refractivity contribution in [1.29, 1.82) is 0 Å². The van der Waals surface area contributed by atoms with E-state index in [0.29, 0.717) is 32.9 Å². The highest BCUT2D eigenvalue weighted by Gasteiger charge is 2.21. The molecule has 10 heteroatoms. The van der Waals surface area contributed by atoms with Crippen molar-refractivity contribution in [2.24, 2.45) is 0 Å². The molecule has 1 N–H and O–H groups in total. The Morgan fingerprint density at radius 2 is 2.00 bits per heavy atom. The molecular weight excluding hydrogens is 421 g/mol. The van der Waals surface area contributed by atoms with Crippen LogP contribution in [-0.2, 0) is 27.8 Å². The van der Waals surface area contributed by atoms with Crippen molar-refractivity contribution >= 4 is 38.5 Å². The number of rotatable bonds is 7. The second kappa shape index (κ2) is 8.10. The van der Waals surface area contributed by atoms with Gasteiger partial charge in [-0.1, -0.05) is 18.5 Å². The Bertz CT molecular complexity index is 1190. The monoisotopic (exact) mass is 439 g/mol. The van der Waals surface area contributed by atoms with E-state index >= 15 is 0 Å². The van der Waals surface area contributed by atoms with Gasteiger partial charge in [0.2, 0.25) is 10.0 Å². The third-order valence-corrected chi connectivity index (χ3v) is 6.04. The summed E-state index contributed by atoms with van der Waals surface area (Å²) >= 11 is 6.12. The van der Waals surface area contributed by atoms with Gasteiger partial charge in [-0.25, -0.2) is 17.5 Å². The van der Waals surface area contributed by atoms with Crippen LogP contribution in [0.4, 0.5) is 4.39 Å². The van der Waals surface area contributed by atoms with Crippen molar-refractivity contribution in [1.82, 2.24) is 14.1 Å². The Hall–Kier alpha value is -2.49. The van der Waals surface area contributed by atoms with E-state index in [1.165, 1.54) is 27.2 Å². The summed E-state index contributed by atoms with van der Waals surface area (Å²) in [6.07, 6.45) is 0.787. The molecule has 0 aliphatic rings. The summed E-state index contributed by atoms with van der Waals surface area (Å²) in [4.78, 5) is 11.2. The number of benzene rings is 2. The maximum absolute atomic E-state index is 14.0. The van der Waals surface area contributed by atoms with Crippen LogP contribution in [0.25, 0.3) is 16.6 Å². The molecule has 0 saturated carbocycles. The van der Waals surface area contributed by atoms with E-state index in [0.717, 1.165) is 6.26 Å². The van der Waals surface area contributed by atoms with E-state index in [9.17, 15) is 22.7 Å². The summed E-state index contributed by atoms with van der Waals surface area (Å²) in [6, 6.07) is 8.92. The Morgan fingerprint density at radius 1 is 1.28 bits per heavy atom. The summed E-state index contributed by atoms with van der Waals surface area (Å²) < 4.78 is 40.7. The lowest BCUT2D eigenvalue weighted by atomic mass is 10.1. The zero-order valence-corrected chi connectivity index (χ0v) is 17.3. The number of halogens is 2. The molecule has 0 unspecified atom stereocenters. The molecule has 0 aliphatic carbocycles. The Labute approximate surface area is 172 Å². The number of carboxylic acid groups (broad SMARTS) is 1. The minimum absolute atomic E-state index is 0.0569. The molecule has 0 bridgehead atoms. The SMILES string of the molecule is CCN(Cc1cc(F)ccc1-n1nc(CC(=O)O)c2ccc(Cl)cc21)S(C)(=O)=O. The fraction of sp³-hybridized carbons (Fsp3) is 0.263. The van der Waals surface area contributed by atoms with Crippen LogP contribution in [0, 0.1) is 5.82 Å². The van der Waals surface area contributed by atoms with Gasteiger partial charge >= 0.3 is 5.97 Å². The lowest BCUT2D eigenvalue weighted by Crippen LogP contribution is -2.29. The van der Waals surface area contributed by atoms with Crippen LogP contribution < -0.4 is 0 Å². The first-order valence-electron chi connectivity index (χ1n) is 8.73. The lowest BCUT2D eigenvalue weighted by molar-refractivity contribution is -0.136. The fourth-order valence-electron chi connectivity index (χ4n) is 3.15. The number of carboxylic acids is 1. The first-order valence-corrected chi connectivity index (χ1v) is 11.0. The van der Waals surface area contributed by atoms with Crippen molar-refractivity contribution in [2.45, 2.75) is 19.9 Å². The number of nitrogens with zero attached hydrogens (tertiary/aromatic N) is 3. The van der Waals surface area contributed by atoms with E-state index in [1.807, 2.05) is 0 Å². The molecule has 3 aromatic rings. The van der Waals surface area contributed by atoms with Crippen molar-refractivity contribution in [2.75, 3.05) is 12.8 Å². The Morgan fingerprint density at radius 3 is 2.62 bits per heavy atom. The smallest absolute Gasteiger partial charge is 0.309 e. The predicted molar refractivity (Wildman–Crippen MR) is 108 cm³/mol. The number of hydrogen-bond acceptors (Lipinski definition) is 4. The van der Waals surface area contributed by atoms with Gasteiger partial charge in [-0.05, 0) is 42.0 Å². The molecule has 29 heavy (non-hydrogen) atoms. The van der Waals surface area contributed by atoms with Gasteiger partial charge in [0.15, 0.2) is 0 Å². The van der Waals surface area contributed by atoms with E-state index in [-0.39, 0.29) is 19.5 Å². The van der Waals surface area contributed by atoms with Crippen LogP contribution in [0.15, 0.2) is 36.4 Å². The second-order valence-corrected chi connectivity index (χ2v) is 8.97. The van der Waals surface area contributed by atoms with E-state index in [1.54, 1.807) is 25.1 Å². The molecule has 0 amide bonds. The maximum Gasteiger partial charge on any atom is 0.309 e. The predicted octanol–water partition coefficient (Wildman–Crippen LogP) is 3.23. The third-order valence-electron chi connectivity index (χ3n) is 4.48. The fourth-order valence-corrected chi connectivity index (χ4v) is 4.16. The van der Waals surface area contributed by atoms with Gasteiger partial charge in [-0.3, -0.25) is 4.79 Å². The van der Waals surface area contributed by atoms with E-state index < -0.39 is 21.8 Å². The summed E-state index contributed by atoms with van der Waals surface area (Å²) in [6.45, 7) is 1.84. The molecule has 1 aromatic heterocycles. The molecule has 7 nitrogen and oxygen atoms in total. The number of carbonyl (C=O) groups is 1. The van der Waals surface area contributed by atoms with Crippen molar-refractivity contribution in [3.8, 4) is 5.69 Å². The van der Waals surface area contributed by atoms with Gasteiger partial charge < -0.3 is 5.11 Å². The number of aromatic nitrogens is 2. The quantitative estimate of drug-likeness (QED) is 0.610. The van der Waals surface area contributed by atoms with Gasteiger partial charge in [-0.15, -0.1) is 0 Å². The average molecular weight is 440 g/mol. The maximum atomic E-state index is 14.0. The Balaban J connectivity index is 2.22. The van der Waals surface area contributed by atoms with Gasteiger partial charge in [0, 0.05) is 23.5 Å². The summed E-state index contributed by atoms with van der Waals surface area (Å²) in [7, 11) is -3.50. The Kier molecular flexibility index (Phi) is 5.92. The third kappa shape index (κ3) is 4.58. The number of hydrogen-bond donors (Lipinski definition) is 1. The molecule has 1 heterocycles. The molecule has 3 rings (SSSR count). The van der Waals surface area contributed by atoms with Crippen LogP contribution in [0.1, 0.15) is 18.2 Å². The van der Waals surface area contributed by atoms with Crippen LogP contribution in [0.5, 0.6) is 0 Å². The molecule has 2 aromatic carbocycles. The number of fused-ring (bicyclic) bond motifs is 1. The summed E-state index contributed by atoms with van der Waals surface area (Å²) in [5.74, 6) is -1.56. The van der Waals surface area contributed by atoms with Gasteiger partial charge in [0.1, 0.15) is 5.82 Å². The molecule has 0 spiro atoms. The minimum atomic E-state index is -3.50. The first kappa shape index (κ1) is 21.2. The molecule has 154 valence electrons. The largest absolute Gasteiger partial charge is 0.481 e. The van der Waals surface area contributed by atoms with Gasteiger partial charge in [-0.2, -0.15) is 9.40 Å². The normalized spacial score (nSPS) is 12.0. The second-order valence-electron chi connectivity index (χ2n) is 6.55. The number of sulfonamides is 1. The molecule has 0 aliphatic heterocycles. The van der Waals surface area contributed by atoms with Crippen molar-refractivity contribution in [3.63, 3.8) is 0 Å². The van der Waals surface area contributed by atoms with Crippen LogP contribution >= 0.6 is 11.6 Å². The number of aliphatic carboxylic acids is 1. The average Bonchev–Trinajstić information content (AvgIpc) is 2.95. The summed E-state index contributed by atoms with van der Waals surface area (Å²) in [5, 5.41) is 14.6.